The number of hydrogen-bond acceptors (Lipinski definition) is 4. The summed E-state index contributed by atoms with van der Waals surface area (Å²) in [6.45, 7) is 6.62. The van der Waals surface area contributed by atoms with Crippen LogP contribution < -0.4 is 0 Å². The lowest BCUT2D eigenvalue weighted by Gasteiger charge is -2.32. The molecule has 1 heterocycles. The maximum atomic E-state index is 9.62. The molecule has 5 nitrogen and oxygen atoms in total. The second-order valence-electron chi connectivity index (χ2n) is 4.03. The van der Waals surface area contributed by atoms with Crippen LogP contribution in [0.1, 0.15) is 27.7 Å². The first-order chi connectivity index (χ1) is 5.22. The van der Waals surface area contributed by atoms with Gasteiger partial charge in [-0.1, -0.05) is 0 Å². The maximum Gasteiger partial charge on any atom is 0.145 e. The van der Waals surface area contributed by atoms with Gasteiger partial charge in [-0.25, -0.2) is 5.06 Å². The zero-order valence-electron chi connectivity index (χ0n) is 7.79. The predicted octanol–water partition coefficient (Wildman–Crippen LogP) is 0.874. The highest BCUT2D eigenvalue weighted by Crippen LogP contribution is 2.34. The van der Waals surface area contributed by atoms with Crippen LogP contribution in [-0.2, 0) is 0 Å². The Labute approximate surface area is 71.6 Å². The zero-order valence-corrected chi connectivity index (χ0v) is 7.79. The first-order valence-corrected chi connectivity index (χ1v) is 3.79. The molecule has 0 saturated carbocycles. The average Bonchev–Trinajstić information content (AvgIpc) is 2.06. The van der Waals surface area contributed by atoms with E-state index in [0.717, 1.165) is 10.1 Å². The Morgan fingerprint density at radius 3 is 1.67 bits per heavy atom. The van der Waals surface area contributed by atoms with E-state index in [0.29, 0.717) is 0 Å². The van der Waals surface area contributed by atoms with Crippen LogP contribution in [0.3, 0.4) is 0 Å². The molecule has 3 N–H and O–H groups in total. The number of amidine groups is 1. The van der Waals surface area contributed by atoms with Crippen molar-refractivity contribution in [1.82, 2.24) is 10.1 Å². The molecule has 1 aliphatic rings. The van der Waals surface area contributed by atoms with Gasteiger partial charge in [0.2, 0.25) is 0 Å². The third kappa shape index (κ3) is 0.872. The standard InChI is InChI=1S/C7H15N3O2/c1-6(2)5(8)9(11)7(3,4)10(6)12/h8,11-12H,1-4H3. The van der Waals surface area contributed by atoms with Crippen molar-refractivity contribution in [2.75, 3.05) is 0 Å². The van der Waals surface area contributed by atoms with Gasteiger partial charge in [0.25, 0.3) is 0 Å². The minimum absolute atomic E-state index is 0.00463. The number of hydrogen-bond donors (Lipinski definition) is 3. The van der Waals surface area contributed by atoms with Gasteiger partial charge >= 0.3 is 0 Å². The minimum atomic E-state index is -0.930. The van der Waals surface area contributed by atoms with Crippen molar-refractivity contribution in [3.05, 3.63) is 0 Å². The van der Waals surface area contributed by atoms with Crippen molar-refractivity contribution in [3.63, 3.8) is 0 Å². The monoisotopic (exact) mass is 173 g/mol. The summed E-state index contributed by atoms with van der Waals surface area (Å²) < 4.78 is 0. The Hall–Kier alpha value is -0.650. The summed E-state index contributed by atoms with van der Waals surface area (Å²) in [6.07, 6.45) is 0. The first-order valence-electron chi connectivity index (χ1n) is 3.79. The Kier molecular flexibility index (Phi) is 1.72. The van der Waals surface area contributed by atoms with Gasteiger partial charge < -0.3 is 5.21 Å². The van der Waals surface area contributed by atoms with Gasteiger partial charge in [0.05, 0.1) is 0 Å². The van der Waals surface area contributed by atoms with Gasteiger partial charge in [-0.3, -0.25) is 10.6 Å². The number of nitrogens with zero attached hydrogens (tertiary/aromatic N) is 2. The summed E-state index contributed by atoms with van der Waals surface area (Å²) in [5, 5.41) is 28.3. The van der Waals surface area contributed by atoms with E-state index >= 15 is 0 Å². The van der Waals surface area contributed by atoms with Crippen LogP contribution in [-0.4, -0.2) is 37.6 Å². The number of hydroxylamine groups is 4. The van der Waals surface area contributed by atoms with Crippen LogP contribution in [0.25, 0.3) is 0 Å². The van der Waals surface area contributed by atoms with E-state index in [1.54, 1.807) is 27.7 Å². The topological polar surface area (TPSA) is 70.8 Å². The second kappa shape index (κ2) is 2.18. The smallest absolute Gasteiger partial charge is 0.145 e. The lowest BCUT2D eigenvalue weighted by Crippen LogP contribution is -2.49. The second-order valence-corrected chi connectivity index (χ2v) is 4.03. The number of nitrogens with one attached hydrogen (secondary N) is 1. The van der Waals surface area contributed by atoms with E-state index in [4.69, 9.17) is 5.41 Å². The molecule has 0 bridgehead atoms. The molecule has 0 unspecified atom stereocenters. The molecule has 0 spiro atoms. The largest absolute Gasteiger partial charge is 0.311 e. The van der Waals surface area contributed by atoms with Crippen LogP contribution >= 0.6 is 0 Å². The highest BCUT2D eigenvalue weighted by molar-refractivity contribution is 5.89. The number of rotatable bonds is 0. The molecule has 1 fully saturated rings. The van der Waals surface area contributed by atoms with Crippen LogP contribution in [0.2, 0.25) is 0 Å². The molecular weight excluding hydrogens is 158 g/mol. The molecule has 0 radical (unpaired) electrons. The molecule has 0 aromatic rings. The van der Waals surface area contributed by atoms with Crippen molar-refractivity contribution in [2.45, 2.75) is 38.9 Å². The van der Waals surface area contributed by atoms with Crippen molar-refractivity contribution in [2.24, 2.45) is 0 Å². The molecule has 0 atom stereocenters. The quantitative estimate of drug-likeness (QED) is 0.508. The molecule has 12 heavy (non-hydrogen) atoms. The summed E-state index contributed by atoms with van der Waals surface area (Å²) >= 11 is 0. The van der Waals surface area contributed by atoms with Crippen molar-refractivity contribution < 1.29 is 10.4 Å². The molecule has 5 heteroatoms. The van der Waals surface area contributed by atoms with E-state index in [2.05, 4.69) is 0 Å². The van der Waals surface area contributed by atoms with Crippen molar-refractivity contribution in [3.8, 4) is 0 Å². The fraction of sp³-hybridized carbons (Fsp3) is 0.857. The fourth-order valence-corrected chi connectivity index (χ4v) is 1.41. The Morgan fingerprint density at radius 1 is 1.17 bits per heavy atom. The van der Waals surface area contributed by atoms with E-state index in [1.807, 2.05) is 0 Å². The Bertz CT molecular complexity index is 225. The van der Waals surface area contributed by atoms with Crippen molar-refractivity contribution >= 4 is 5.84 Å². The van der Waals surface area contributed by atoms with Gasteiger partial charge in [0, 0.05) is 0 Å². The molecule has 70 valence electrons. The summed E-state index contributed by atoms with van der Waals surface area (Å²) in [4.78, 5) is 0. The van der Waals surface area contributed by atoms with Crippen LogP contribution in [0.4, 0.5) is 0 Å². The summed E-state index contributed by atoms with van der Waals surface area (Å²) in [6, 6.07) is 0. The van der Waals surface area contributed by atoms with E-state index in [1.165, 1.54) is 0 Å². The first kappa shape index (κ1) is 9.44. The summed E-state index contributed by atoms with van der Waals surface area (Å²) in [5.41, 5.74) is -1.77. The predicted molar refractivity (Wildman–Crippen MR) is 43.1 cm³/mol. The van der Waals surface area contributed by atoms with E-state index < -0.39 is 11.2 Å². The highest BCUT2D eigenvalue weighted by atomic mass is 16.6. The Balaban J connectivity index is 3.12. The van der Waals surface area contributed by atoms with Crippen LogP contribution in [0.5, 0.6) is 0 Å². The molecule has 1 saturated heterocycles. The van der Waals surface area contributed by atoms with Gasteiger partial charge in [-0.05, 0) is 27.7 Å². The summed E-state index contributed by atoms with van der Waals surface area (Å²) in [5.74, 6) is -0.00463. The molecule has 0 aliphatic carbocycles. The third-order valence-electron chi connectivity index (χ3n) is 2.36. The van der Waals surface area contributed by atoms with E-state index in [-0.39, 0.29) is 5.84 Å². The zero-order chi connectivity index (χ0) is 9.73. The van der Waals surface area contributed by atoms with Gasteiger partial charge in [0.15, 0.2) is 0 Å². The normalized spacial score (nSPS) is 28.2. The average molecular weight is 173 g/mol. The fourth-order valence-electron chi connectivity index (χ4n) is 1.41. The van der Waals surface area contributed by atoms with Gasteiger partial charge in [-0.2, -0.15) is 5.06 Å². The SMILES string of the molecule is CC1(C)C(=N)N(O)C(C)(C)N1O. The lowest BCUT2D eigenvalue weighted by atomic mass is 10.1. The van der Waals surface area contributed by atoms with Crippen molar-refractivity contribution in [1.29, 1.82) is 5.41 Å². The molecule has 0 aromatic heterocycles. The molecular formula is C7H15N3O2. The third-order valence-corrected chi connectivity index (χ3v) is 2.36. The van der Waals surface area contributed by atoms with Gasteiger partial charge in [-0.15, -0.1) is 0 Å². The molecule has 0 aromatic carbocycles. The summed E-state index contributed by atoms with van der Waals surface area (Å²) in [7, 11) is 0. The highest BCUT2D eigenvalue weighted by Gasteiger charge is 2.54. The van der Waals surface area contributed by atoms with Gasteiger partial charge in [0.1, 0.15) is 17.0 Å². The molecule has 0 amide bonds. The lowest BCUT2D eigenvalue weighted by molar-refractivity contribution is -0.253. The van der Waals surface area contributed by atoms with Crippen LogP contribution in [0.15, 0.2) is 0 Å². The molecule has 1 rings (SSSR count). The minimum Gasteiger partial charge on any atom is -0.311 e. The molecule has 1 aliphatic heterocycles. The van der Waals surface area contributed by atoms with Crippen LogP contribution in [0, 0.1) is 5.41 Å². The maximum absolute atomic E-state index is 9.62. The Morgan fingerprint density at radius 2 is 1.58 bits per heavy atom. The van der Waals surface area contributed by atoms with E-state index in [9.17, 15) is 10.4 Å².